The fraction of sp³-hybridized carbons (Fsp3) is 0.471. The number of esters is 1. The SMILES string of the molecule is CCOc1ccc(NC(=O)NC(=O)COC(=O)C(C)C)cc1OCC. The van der Waals surface area contributed by atoms with Gasteiger partial charge in [0.05, 0.1) is 19.1 Å². The second-order valence-corrected chi connectivity index (χ2v) is 5.29. The van der Waals surface area contributed by atoms with E-state index >= 15 is 0 Å². The molecule has 3 amide bonds. The summed E-state index contributed by atoms with van der Waals surface area (Å²) in [6, 6.07) is 4.14. The zero-order chi connectivity index (χ0) is 18.8. The van der Waals surface area contributed by atoms with Crippen LogP contribution in [0.3, 0.4) is 0 Å². The van der Waals surface area contributed by atoms with Crippen LogP contribution in [0.4, 0.5) is 10.5 Å². The Bertz CT molecular complexity index is 615. The third-order valence-corrected chi connectivity index (χ3v) is 2.87. The van der Waals surface area contributed by atoms with E-state index in [-0.39, 0.29) is 5.92 Å². The Kier molecular flexibility index (Phi) is 8.25. The van der Waals surface area contributed by atoms with Gasteiger partial charge in [0.1, 0.15) is 0 Å². The van der Waals surface area contributed by atoms with Gasteiger partial charge in [-0.25, -0.2) is 4.79 Å². The number of hydrogen-bond acceptors (Lipinski definition) is 6. The summed E-state index contributed by atoms with van der Waals surface area (Å²) in [6.45, 7) is 7.39. The third kappa shape index (κ3) is 7.11. The van der Waals surface area contributed by atoms with Crippen molar-refractivity contribution >= 4 is 23.6 Å². The fourth-order valence-corrected chi connectivity index (χ4v) is 1.76. The highest BCUT2D eigenvalue weighted by Crippen LogP contribution is 2.30. The van der Waals surface area contributed by atoms with Gasteiger partial charge in [-0.3, -0.25) is 14.9 Å². The van der Waals surface area contributed by atoms with Gasteiger partial charge in [0.2, 0.25) is 0 Å². The zero-order valence-corrected chi connectivity index (χ0v) is 14.9. The topological polar surface area (TPSA) is 103 Å². The number of ether oxygens (including phenoxy) is 3. The number of hydrogen-bond donors (Lipinski definition) is 2. The molecule has 0 unspecified atom stereocenters. The second kappa shape index (κ2) is 10.2. The monoisotopic (exact) mass is 352 g/mol. The second-order valence-electron chi connectivity index (χ2n) is 5.29. The molecule has 138 valence electrons. The Hall–Kier alpha value is -2.77. The van der Waals surface area contributed by atoms with Gasteiger partial charge >= 0.3 is 12.0 Å². The highest BCUT2D eigenvalue weighted by Gasteiger charge is 2.14. The molecule has 25 heavy (non-hydrogen) atoms. The number of carbonyl (C=O) groups is 3. The van der Waals surface area contributed by atoms with Crippen LogP contribution in [0.5, 0.6) is 11.5 Å². The Morgan fingerprint density at radius 2 is 1.68 bits per heavy atom. The van der Waals surface area contributed by atoms with Crippen molar-refractivity contribution in [3.63, 3.8) is 0 Å². The lowest BCUT2D eigenvalue weighted by Crippen LogP contribution is -2.37. The van der Waals surface area contributed by atoms with Crippen LogP contribution in [-0.2, 0) is 14.3 Å². The van der Waals surface area contributed by atoms with Crippen LogP contribution in [-0.4, -0.2) is 37.7 Å². The van der Waals surface area contributed by atoms with Gasteiger partial charge in [-0.05, 0) is 26.0 Å². The summed E-state index contributed by atoms with van der Waals surface area (Å²) in [6.07, 6.45) is 0. The zero-order valence-electron chi connectivity index (χ0n) is 14.9. The summed E-state index contributed by atoms with van der Waals surface area (Å²) in [5.74, 6) is -0.528. The largest absolute Gasteiger partial charge is 0.490 e. The van der Waals surface area contributed by atoms with E-state index in [9.17, 15) is 14.4 Å². The van der Waals surface area contributed by atoms with Gasteiger partial charge in [-0.2, -0.15) is 0 Å². The summed E-state index contributed by atoms with van der Waals surface area (Å²) >= 11 is 0. The maximum atomic E-state index is 11.8. The molecule has 0 radical (unpaired) electrons. The van der Waals surface area contributed by atoms with Crippen LogP contribution in [0, 0.1) is 5.92 Å². The molecule has 0 saturated carbocycles. The first-order valence-electron chi connectivity index (χ1n) is 8.04. The highest BCUT2D eigenvalue weighted by molar-refractivity contribution is 6.02. The van der Waals surface area contributed by atoms with Gasteiger partial charge in [0, 0.05) is 11.8 Å². The van der Waals surface area contributed by atoms with E-state index in [0.717, 1.165) is 0 Å². The lowest BCUT2D eigenvalue weighted by atomic mass is 10.2. The Labute approximate surface area is 146 Å². The minimum Gasteiger partial charge on any atom is -0.490 e. The molecule has 0 spiro atoms. The maximum Gasteiger partial charge on any atom is 0.325 e. The molecule has 0 fully saturated rings. The molecule has 8 heteroatoms. The number of nitrogens with one attached hydrogen (secondary N) is 2. The van der Waals surface area contributed by atoms with Gasteiger partial charge in [0.25, 0.3) is 5.91 Å². The van der Waals surface area contributed by atoms with E-state index in [4.69, 9.17) is 14.2 Å². The number of rotatable bonds is 8. The summed E-state index contributed by atoms with van der Waals surface area (Å²) in [7, 11) is 0. The molecule has 0 aliphatic rings. The van der Waals surface area contributed by atoms with E-state index in [1.54, 1.807) is 32.0 Å². The van der Waals surface area contributed by atoms with Crippen molar-refractivity contribution in [3.8, 4) is 11.5 Å². The molecule has 2 N–H and O–H groups in total. The molecule has 0 bridgehead atoms. The molecule has 0 atom stereocenters. The predicted octanol–water partition coefficient (Wildman–Crippen LogP) is 2.33. The van der Waals surface area contributed by atoms with Crippen molar-refractivity contribution in [3.05, 3.63) is 18.2 Å². The third-order valence-electron chi connectivity index (χ3n) is 2.87. The van der Waals surface area contributed by atoms with Crippen molar-refractivity contribution in [1.29, 1.82) is 0 Å². The van der Waals surface area contributed by atoms with E-state index in [0.29, 0.717) is 30.4 Å². The number of amides is 3. The van der Waals surface area contributed by atoms with Crippen LogP contribution in [0.25, 0.3) is 0 Å². The average Bonchev–Trinajstić information content (AvgIpc) is 2.55. The molecular formula is C17H24N2O6. The normalized spacial score (nSPS) is 10.1. The average molecular weight is 352 g/mol. The smallest absolute Gasteiger partial charge is 0.325 e. The van der Waals surface area contributed by atoms with E-state index < -0.39 is 24.5 Å². The molecular weight excluding hydrogens is 328 g/mol. The van der Waals surface area contributed by atoms with E-state index in [1.807, 2.05) is 13.8 Å². The number of urea groups is 1. The summed E-state index contributed by atoms with van der Waals surface area (Å²) in [5, 5.41) is 4.58. The molecule has 0 aliphatic carbocycles. The number of anilines is 1. The van der Waals surface area contributed by atoms with Crippen LogP contribution >= 0.6 is 0 Å². The molecule has 0 saturated heterocycles. The van der Waals surface area contributed by atoms with Crippen molar-refractivity contribution in [2.45, 2.75) is 27.7 Å². The maximum absolute atomic E-state index is 11.8. The highest BCUT2D eigenvalue weighted by atomic mass is 16.5. The lowest BCUT2D eigenvalue weighted by molar-refractivity contribution is -0.151. The Morgan fingerprint density at radius 1 is 1.04 bits per heavy atom. The van der Waals surface area contributed by atoms with Crippen molar-refractivity contribution in [1.82, 2.24) is 5.32 Å². The molecule has 0 heterocycles. The standard InChI is InChI=1S/C17H24N2O6/c1-5-23-13-8-7-12(9-14(13)24-6-2)18-17(22)19-15(20)10-25-16(21)11(3)4/h7-9,11H,5-6,10H2,1-4H3,(H2,18,19,20,22). The van der Waals surface area contributed by atoms with Gasteiger partial charge < -0.3 is 19.5 Å². The molecule has 1 rings (SSSR count). The van der Waals surface area contributed by atoms with E-state index in [2.05, 4.69) is 10.6 Å². The minimum atomic E-state index is -0.739. The molecule has 0 aliphatic heterocycles. The Balaban J connectivity index is 2.60. The van der Waals surface area contributed by atoms with Crippen LogP contribution in [0.1, 0.15) is 27.7 Å². The molecule has 1 aromatic carbocycles. The van der Waals surface area contributed by atoms with Gasteiger partial charge in [-0.15, -0.1) is 0 Å². The van der Waals surface area contributed by atoms with Crippen molar-refractivity contribution in [2.75, 3.05) is 25.1 Å². The first-order valence-corrected chi connectivity index (χ1v) is 8.04. The number of carbonyl (C=O) groups excluding carboxylic acids is 3. The van der Waals surface area contributed by atoms with Crippen molar-refractivity contribution in [2.24, 2.45) is 5.92 Å². The molecule has 1 aromatic rings. The van der Waals surface area contributed by atoms with Gasteiger partial charge in [0.15, 0.2) is 18.1 Å². The summed E-state index contributed by atoms with van der Waals surface area (Å²) in [5.41, 5.74) is 0.427. The predicted molar refractivity (Wildman–Crippen MR) is 91.7 cm³/mol. The molecule has 8 nitrogen and oxygen atoms in total. The molecule has 0 aromatic heterocycles. The van der Waals surface area contributed by atoms with Crippen molar-refractivity contribution < 1.29 is 28.6 Å². The minimum absolute atomic E-state index is 0.345. The van der Waals surface area contributed by atoms with Crippen LogP contribution in [0.15, 0.2) is 18.2 Å². The lowest BCUT2D eigenvalue weighted by Gasteiger charge is -2.13. The van der Waals surface area contributed by atoms with Gasteiger partial charge in [-0.1, -0.05) is 13.8 Å². The first-order chi connectivity index (χ1) is 11.9. The van der Waals surface area contributed by atoms with Crippen LogP contribution in [0.2, 0.25) is 0 Å². The number of imide groups is 1. The first kappa shape index (κ1) is 20.3. The fourth-order valence-electron chi connectivity index (χ4n) is 1.76. The van der Waals surface area contributed by atoms with Crippen LogP contribution < -0.4 is 20.1 Å². The number of benzene rings is 1. The van der Waals surface area contributed by atoms with E-state index in [1.165, 1.54) is 0 Å². The summed E-state index contributed by atoms with van der Waals surface area (Å²) in [4.78, 5) is 34.7. The quantitative estimate of drug-likeness (QED) is 0.696. The Morgan fingerprint density at radius 3 is 2.28 bits per heavy atom. The summed E-state index contributed by atoms with van der Waals surface area (Å²) < 4.78 is 15.6.